The normalized spacial score (nSPS) is 12.7. The highest BCUT2D eigenvalue weighted by Crippen LogP contribution is 2.30. The minimum absolute atomic E-state index is 0.196. The summed E-state index contributed by atoms with van der Waals surface area (Å²) in [6, 6.07) is 19.0. The van der Waals surface area contributed by atoms with Crippen molar-refractivity contribution in [2.24, 2.45) is 5.92 Å². The monoisotopic (exact) mass is 343 g/mol. The van der Waals surface area contributed by atoms with Crippen LogP contribution in [0.2, 0.25) is 0 Å². The molecule has 0 aliphatic carbocycles. The smallest absolute Gasteiger partial charge is 0.0496 e. The molecule has 1 N–H and O–H groups in total. The molecular formula is C18H18BrNO. The largest absolute Gasteiger partial charge is 0.396 e. The van der Waals surface area contributed by atoms with Gasteiger partial charge in [-0.25, -0.2) is 0 Å². The zero-order chi connectivity index (χ0) is 14.8. The average molecular weight is 344 g/mol. The van der Waals surface area contributed by atoms with Crippen molar-refractivity contribution in [1.82, 2.24) is 4.57 Å². The lowest BCUT2D eigenvalue weighted by Gasteiger charge is -2.15. The lowest BCUT2D eigenvalue weighted by Crippen LogP contribution is -2.11. The Bertz CT molecular complexity index is 749. The molecule has 2 nitrogen and oxygen atoms in total. The first-order valence-electron chi connectivity index (χ1n) is 7.14. The maximum absolute atomic E-state index is 9.40. The molecule has 0 spiro atoms. The average Bonchev–Trinajstić information content (AvgIpc) is 2.86. The number of rotatable bonds is 4. The van der Waals surface area contributed by atoms with Gasteiger partial charge < -0.3 is 9.67 Å². The summed E-state index contributed by atoms with van der Waals surface area (Å²) in [7, 11) is 0. The van der Waals surface area contributed by atoms with Crippen molar-refractivity contribution in [3.05, 3.63) is 59.1 Å². The molecule has 0 saturated carbocycles. The molecule has 3 aromatic rings. The summed E-state index contributed by atoms with van der Waals surface area (Å²) in [5.41, 5.74) is 3.60. The summed E-state index contributed by atoms with van der Waals surface area (Å²) in [4.78, 5) is 0. The van der Waals surface area contributed by atoms with E-state index >= 15 is 0 Å². The fraction of sp³-hybridized carbons (Fsp3) is 0.222. The number of halogens is 1. The van der Waals surface area contributed by atoms with E-state index in [1.807, 2.05) is 6.07 Å². The molecule has 1 aromatic heterocycles. The highest BCUT2D eigenvalue weighted by atomic mass is 79.9. The second-order valence-electron chi connectivity index (χ2n) is 5.50. The van der Waals surface area contributed by atoms with E-state index in [1.165, 1.54) is 22.2 Å². The number of fused-ring (bicyclic) bond motifs is 1. The Balaban J connectivity index is 2.20. The maximum Gasteiger partial charge on any atom is 0.0496 e. The molecule has 2 aromatic carbocycles. The van der Waals surface area contributed by atoms with Crippen LogP contribution in [0.4, 0.5) is 0 Å². The first-order chi connectivity index (χ1) is 10.2. The van der Waals surface area contributed by atoms with Gasteiger partial charge in [0.05, 0.1) is 0 Å². The summed E-state index contributed by atoms with van der Waals surface area (Å²) in [5, 5.41) is 10.6. The molecule has 0 unspecified atom stereocenters. The Morgan fingerprint density at radius 1 is 1.10 bits per heavy atom. The third-order valence-corrected chi connectivity index (χ3v) is 4.24. The van der Waals surface area contributed by atoms with E-state index in [9.17, 15) is 5.11 Å². The number of aliphatic hydroxyl groups excluding tert-OH is 1. The van der Waals surface area contributed by atoms with Gasteiger partial charge in [0.15, 0.2) is 0 Å². The standard InChI is InChI=1S/C18H18BrNO/c1-13(12-21)11-20-17(14-5-3-2-4-6-14)9-15-7-8-16(19)10-18(15)20/h2-10,13,21H,11-12H2,1H3/t13-/m0/s1. The van der Waals surface area contributed by atoms with Crippen LogP contribution >= 0.6 is 15.9 Å². The third-order valence-electron chi connectivity index (χ3n) is 3.74. The van der Waals surface area contributed by atoms with Crippen molar-refractivity contribution in [3.63, 3.8) is 0 Å². The van der Waals surface area contributed by atoms with Crippen molar-refractivity contribution in [2.45, 2.75) is 13.5 Å². The fourth-order valence-corrected chi connectivity index (χ4v) is 2.99. The number of aromatic nitrogens is 1. The molecule has 1 atom stereocenters. The van der Waals surface area contributed by atoms with Crippen molar-refractivity contribution in [3.8, 4) is 11.3 Å². The zero-order valence-electron chi connectivity index (χ0n) is 12.0. The van der Waals surface area contributed by atoms with E-state index in [2.05, 4.69) is 76.0 Å². The fourth-order valence-electron chi connectivity index (χ4n) is 2.64. The minimum atomic E-state index is 0.196. The molecule has 0 aliphatic heterocycles. The van der Waals surface area contributed by atoms with Crippen LogP contribution in [0.15, 0.2) is 59.1 Å². The quantitative estimate of drug-likeness (QED) is 0.729. The molecule has 1 heterocycles. The molecule has 0 amide bonds. The maximum atomic E-state index is 9.40. The third kappa shape index (κ3) is 2.89. The Morgan fingerprint density at radius 3 is 2.57 bits per heavy atom. The van der Waals surface area contributed by atoms with E-state index in [-0.39, 0.29) is 12.5 Å². The number of benzene rings is 2. The topological polar surface area (TPSA) is 25.2 Å². The van der Waals surface area contributed by atoms with Gasteiger partial charge in [-0.15, -0.1) is 0 Å². The van der Waals surface area contributed by atoms with Crippen LogP contribution in [-0.2, 0) is 6.54 Å². The summed E-state index contributed by atoms with van der Waals surface area (Å²) in [6.45, 7) is 3.07. The van der Waals surface area contributed by atoms with Gasteiger partial charge in [0, 0.05) is 34.2 Å². The Morgan fingerprint density at radius 2 is 1.86 bits per heavy atom. The van der Waals surface area contributed by atoms with E-state index < -0.39 is 0 Å². The van der Waals surface area contributed by atoms with Crippen molar-refractivity contribution in [2.75, 3.05) is 6.61 Å². The lowest BCUT2D eigenvalue weighted by atomic mass is 10.1. The molecule has 0 aliphatic rings. The van der Waals surface area contributed by atoms with Crippen LogP contribution in [0.3, 0.4) is 0 Å². The molecule has 3 rings (SSSR count). The van der Waals surface area contributed by atoms with E-state index in [0.717, 1.165) is 11.0 Å². The molecule has 0 saturated heterocycles. The van der Waals surface area contributed by atoms with Crippen molar-refractivity contribution in [1.29, 1.82) is 0 Å². The van der Waals surface area contributed by atoms with Crippen LogP contribution in [0, 0.1) is 5.92 Å². The summed E-state index contributed by atoms with van der Waals surface area (Å²) in [5.74, 6) is 0.224. The first kappa shape index (κ1) is 14.4. The predicted octanol–water partition coefficient (Wildman–Crippen LogP) is 4.70. The van der Waals surface area contributed by atoms with Gasteiger partial charge in [-0.05, 0) is 29.7 Å². The molecule has 21 heavy (non-hydrogen) atoms. The lowest BCUT2D eigenvalue weighted by molar-refractivity contribution is 0.224. The molecule has 0 radical (unpaired) electrons. The number of hydrogen-bond donors (Lipinski definition) is 1. The number of hydrogen-bond acceptors (Lipinski definition) is 1. The van der Waals surface area contributed by atoms with Gasteiger partial charge in [0.25, 0.3) is 0 Å². The van der Waals surface area contributed by atoms with Gasteiger partial charge in [0.1, 0.15) is 0 Å². The van der Waals surface area contributed by atoms with Gasteiger partial charge in [-0.3, -0.25) is 0 Å². The Kier molecular flexibility index (Phi) is 4.13. The SMILES string of the molecule is C[C@H](CO)Cn1c(-c2ccccc2)cc2ccc(Br)cc21. The molecule has 0 bridgehead atoms. The summed E-state index contributed by atoms with van der Waals surface area (Å²) >= 11 is 3.55. The van der Waals surface area contributed by atoms with Crippen molar-refractivity contribution < 1.29 is 5.11 Å². The highest BCUT2D eigenvalue weighted by Gasteiger charge is 2.13. The van der Waals surface area contributed by atoms with Gasteiger partial charge in [0.2, 0.25) is 0 Å². The predicted molar refractivity (Wildman–Crippen MR) is 91.3 cm³/mol. The molecule has 0 fully saturated rings. The first-order valence-corrected chi connectivity index (χ1v) is 7.93. The second kappa shape index (κ2) is 6.04. The summed E-state index contributed by atoms with van der Waals surface area (Å²) < 4.78 is 3.38. The Hall–Kier alpha value is -1.58. The van der Waals surface area contributed by atoms with E-state index in [0.29, 0.717) is 0 Å². The Labute approximate surface area is 133 Å². The van der Waals surface area contributed by atoms with Gasteiger partial charge >= 0.3 is 0 Å². The van der Waals surface area contributed by atoms with Gasteiger partial charge in [-0.1, -0.05) is 59.3 Å². The molecular weight excluding hydrogens is 326 g/mol. The van der Waals surface area contributed by atoms with Crippen LogP contribution < -0.4 is 0 Å². The molecule has 3 heteroatoms. The minimum Gasteiger partial charge on any atom is -0.396 e. The second-order valence-corrected chi connectivity index (χ2v) is 6.41. The molecule has 108 valence electrons. The number of nitrogens with zero attached hydrogens (tertiary/aromatic N) is 1. The van der Waals surface area contributed by atoms with Crippen LogP contribution in [0.5, 0.6) is 0 Å². The van der Waals surface area contributed by atoms with E-state index in [4.69, 9.17) is 0 Å². The van der Waals surface area contributed by atoms with Crippen LogP contribution in [0.25, 0.3) is 22.2 Å². The summed E-state index contributed by atoms with van der Waals surface area (Å²) in [6.07, 6.45) is 0. The zero-order valence-corrected chi connectivity index (χ0v) is 13.5. The van der Waals surface area contributed by atoms with Gasteiger partial charge in [-0.2, -0.15) is 0 Å². The van der Waals surface area contributed by atoms with Crippen LogP contribution in [-0.4, -0.2) is 16.3 Å². The van der Waals surface area contributed by atoms with E-state index in [1.54, 1.807) is 0 Å². The van der Waals surface area contributed by atoms with Crippen molar-refractivity contribution >= 4 is 26.8 Å². The van der Waals surface area contributed by atoms with Crippen LogP contribution in [0.1, 0.15) is 6.92 Å². The highest BCUT2D eigenvalue weighted by molar-refractivity contribution is 9.10. The number of aliphatic hydroxyl groups is 1.